The topological polar surface area (TPSA) is 12.4 Å². The molecule has 0 amide bonds. The number of nitrogens with zero attached hydrogens (tertiary/aromatic N) is 1. The molecule has 0 spiro atoms. The second-order valence-corrected chi connectivity index (χ2v) is 7.28. The van der Waals surface area contributed by atoms with E-state index >= 15 is 0 Å². The standard InChI is InChI=1S/C18H33N/c1-4-14(2)13-15-5-7-16(8-6-15)17-9-11-18(19-3)12-10-17/h14-18H,3-13H2,1-2H3. The molecule has 0 aromatic heterocycles. The largest absolute Gasteiger partial charge is 0.298 e. The lowest BCUT2D eigenvalue weighted by molar-refractivity contribution is 0.151. The van der Waals surface area contributed by atoms with E-state index in [-0.39, 0.29) is 0 Å². The summed E-state index contributed by atoms with van der Waals surface area (Å²) < 4.78 is 0. The van der Waals surface area contributed by atoms with Gasteiger partial charge in [-0.2, -0.15) is 0 Å². The second kappa shape index (κ2) is 7.45. The first-order valence-corrected chi connectivity index (χ1v) is 8.68. The minimum absolute atomic E-state index is 0.581. The maximum absolute atomic E-state index is 4.23. The van der Waals surface area contributed by atoms with Crippen molar-refractivity contribution in [3.05, 3.63) is 0 Å². The zero-order valence-electron chi connectivity index (χ0n) is 13.1. The molecule has 0 heterocycles. The Morgan fingerprint density at radius 2 is 1.47 bits per heavy atom. The summed E-state index contributed by atoms with van der Waals surface area (Å²) >= 11 is 0. The molecule has 2 fully saturated rings. The molecule has 0 N–H and O–H groups in total. The summed E-state index contributed by atoms with van der Waals surface area (Å²) in [4.78, 5) is 4.23. The van der Waals surface area contributed by atoms with Crippen molar-refractivity contribution in [2.45, 2.75) is 84.1 Å². The summed E-state index contributed by atoms with van der Waals surface area (Å²) in [5, 5.41) is 0. The molecule has 19 heavy (non-hydrogen) atoms. The maximum Gasteiger partial charge on any atom is 0.0492 e. The average molecular weight is 263 g/mol. The van der Waals surface area contributed by atoms with Crippen LogP contribution in [0, 0.1) is 23.7 Å². The molecular weight excluding hydrogens is 230 g/mol. The summed E-state index contributed by atoms with van der Waals surface area (Å²) in [6, 6.07) is 0.581. The molecule has 0 aromatic carbocycles. The van der Waals surface area contributed by atoms with Crippen molar-refractivity contribution in [1.29, 1.82) is 0 Å². The summed E-state index contributed by atoms with van der Waals surface area (Å²) in [6.45, 7) is 8.48. The third-order valence-electron chi connectivity index (χ3n) is 5.99. The normalized spacial score (nSPS) is 37.8. The van der Waals surface area contributed by atoms with E-state index in [0.29, 0.717) is 6.04 Å². The Balaban J connectivity index is 1.70. The van der Waals surface area contributed by atoms with Crippen LogP contribution in [0.2, 0.25) is 0 Å². The van der Waals surface area contributed by atoms with Crippen LogP contribution in [-0.4, -0.2) is 12.8 Å². The lowest BCUT2D eigenvalue weighted by Crippen LogP contribution is -2.27. The first-order valence-electron chi connectivity index (χ1n) is 8.68. The van der Waals surface area contributed by atoms with Crippen molar-refractivity contribution in [2.24, 2.45) is 28.7 Å². The lowest BCUT2D eigenvalue weighted by atomic mass is 9.69. The van der Waals surface area contributed by atoms with Crippen molar-refractivity contribution in [3.8, 4) is 0 Å². The van der Waals surface area contributed by atoms with Crippen LogP contribution in [0.3, 0.4) is 0 Å². The predicted molar refractivity (Wildman–Crippen MR) is 84.8 cm³/mol. The van der Waals surface area contributed by atoms with Crippen molar-refractivity contribution >= 4 is 6.72 Å². The Morgan fingerprint density at radius 1 is 0.947 bits per heavy atom. The van der Waals surface area contributed by atoms with Crippen LogP contribution >= 0.6 is 0 Å². The van der Waals surface area contributed by atoms with E-state index < -0.39 is 0 Å². The molecule has 2 aliphatic carbocycles. The van der Waals surface area contributed by atoms with Crippen LogP contribution in [0.15, 0.2) is 4.99 Å². The average Bonchev–Trinajstić information content (AvgIpc) is 2.48. The zero-order valence-corrected chi connectivity index (χ0v) is 13.1. The molecule has 1 heteroatoms. The first-order chi connectivity index (χ1) is 9.22. The van der Waals surface area contributed by atoms with E-state index in [9.17, 15) is 0 Å². The Morgan fingerprint density at radius 3 is 1.95 bits per heavy atom. The molecule has 0 bridgehead atoms. The van der Waals surface area contributed by atoms with Crippen molar-refractivity contribution in [1.82, 2.24) is 0 Å². The van der Waals surface area contributed by atoms with Crippen LogP contribution < -0.4 is 0 Å². The van der Waals surface area contributed by atoms with Crippen molar-refractivity contribution in [2.75, 3.05) is 0 Å². The van der Waals surface area contributed by atoms with Gasteiger partial charge in [-0.15, -0.1) is 0 Å². The smallest absolute Gasteiger partial charge is 0.0492 e. The van der Waals surface area contributed by atoms with Gasteiger partial charge in [-0.1, -0.05) is 33.1 Å². The van der Waals surface area contributed by atoms with Gasteiger partial charge in [0.2, 0.25) is 0 Å². The Bertz CT molecular complexity index is 257. The summed E-state index contributed by atoms with van der Waals surface area (Å²) in [5.41, 5.74) is 0. The molecule has 110 valence electrons. The zero-order chi connectivity index (χ0) is 13.7. The van der Waals surface area contributed by atoms with Crippen LogP contribution in [-0.2, 0) is 0 Å². The second-order valence-electron chi connectivity index (χ2n) is 7.28. The molecule has 1 atom stereocenters. The predicted octanol–water partition coefficient (Wildman–Crippen LogP) is 5.49. The van der Waals surface area contributed by atoms with Gasteiger partial charge in [0.1, 0.15) is 0 Å². The summed E-state index contributed by atoms with van der Waals surface area (Å²) in [5.74, 6) is 4.04. The first kappa shape index (κ1) is 15.1. The van der Waals surface area contributed by atoms with Gasteiger partial charge in [0, 0.05) is 6.04 Å². The number of hydrogen-bond donors (Lipinski definition) is 0. The third-order valence-corrected chi connectivity index (χ3v) is 5.99. The fraction of sp³-hybridized carbons (Fsp3) is 0.944. The minimum atomic E-state index is 0.581. The van der Waals surface area contributed by atoms with Gasteiger partial charge in [-0.25, -0.2) is 0 Å². The highest BCUT2D eigenvalue weighted by Gasteiger charge is 2.30. The summed E-state index contributed by atoms with van der Waals surface area (Å²) in [7, 11) is 0. The van der Waals surface area contributed by atoms with Crippen LogP contribution in [0.1, 0.15) is 78.1 Å². The maximum atomic E-state index is 4.23. The third kappa shape index (κ3) is 4.33. The van der Waals surface area contributed by atoms with Crippen molar-refractivity contribution in [3.63, 3.8) is 0 Å². The molecule has 0 saturated heterocycles. The Kier molecular flexibility index (Phi) is 5.91. The van der Waals surface area contributed by atoms with E-state index in [4.69, 9.17) is 0 Å². The van der Waals surface area contributed by atoms with Gasteiger partial charge in [0.15, 0.2) is 0 Å². The Labute approximate surface area is 120 Å². The molecule has 2 rings (SSSR count). The van der Waals surface area contributed by atoms with E-state index in [1.807, 2.05) is 0 Å². The van der Waals surface area contributed by atoms with Gasteiger partial charge < -0.3 is 0 Å². The summed E-state index contributed by atoms with van der Waals surface area (Å²) in [6.07, 6.45) is 14.3. The van der Waals surface area contributed by atoms with Gasteiger partial charge in [-0.05, 0) is 75.3 Å². The lowest BCUT2D eigenvalue weighted by Gasteiger charge is -2.37. The van der Waals surface area contributed by atoms with Crippen molar-refractivity contribution < 1.29 is 0 Å². The van der Waals surface area contributed by atoms with Crippen LogP contribution in [0.25, 0.3) is 0 Å². The number of aliphatic imine (C=N–C) groups is 1. The Hall–Kier alpha value is -0.330. The van der Waals surface area contributed by atoms with Crippen LogP contribution in [0.5, 0.6) is 0 Å². The monoisotopic (exact) mass is 263 g/mol. The minimum Gasteiger partial charge on any atom is -0.298 e. The van der Waals surface area contributed by atoms with Gasteiger partial charge in [-0.3, -0.25) is 4.99 Å². The molecular formula is C18H33N. The number of hydrogen-bond acceptors (Lipinski definition) is 1. The molecule has 0 radical (unpaired) electrons. The van der Waals surface area contributed by atoms with Gasteiger partial charge >= 0.3 is 0 Å². The SMILES string of the molecule is C=NC1CCC(C2CCC(CC(C)CC)CC2)CC1. The van der Waals surface area contributed by atoms with Crippen LogP contribution in [0.4, 0.5) is 0 Å². The molecule has 1 nitrogen and oxygen atoms in total. The van der Waals surface area contributed by atoms with Gasteiger partial charge in [0.25, 0.3) is 0 Å². The van der Waals surface area contributed by atoms with E-state index in [1.54, 1.807) is 0 Å². The van der Waals surface area contributed by atoms with Gasteiger partial charge in [0.05, 0.1) is 0 Å². The molecule has 1 unspecified atom stereocenters. The highest BCUT2D eigenvalue weighted by Crippen LogP contribution is 2.41. The highest BCUT2D eigenvalue weighted by molar-refractivity contribution is 5.24. The van der Waals surface area contributed by atoms with E-state index in [2.05, 4.69) is 25.6 Å². The van der Waals surface area contributed by atoms with E-state index in [0.717, 1.165) is 23.7 Å². The molecule has 2 aliphatic rings. The van der Waals surface area contributed by atoms with E-state index in [1.165, 1.54) is 64.2 Å². The number of rotatable bonds is 5. The molecule has 2 saturated carbocycles. The fourth-order valence-electron chi connectivity index (χ4n) is 4.39. The quantitative estimate of drug-likeness (QED) is 0.582. The molecule has 0 aliphatic heterocycles. The fourth-order valence-corrected chi connectivity index (χ4v) is 4.39. The molecule has 0 aromatic rings. The highest BCUT2D eigenvalue weighted by atomic mass is 14.7.